The van der Waals surface area contributed by atoms with E-state index in [0.717, 1.165) is 17.0 Å². The Morgan fingerprint density at radius 3 is 2.75 bits per heavy atom. The molecule has 0 aliphatic rings. The Morgan fingerprint density at radius 1 is 1.30 bits per heavy atom. The van der Waals surface area contributed by atoms with Crippen LogP contribution in [0.2, 0.25) is 0 Å². The number of aromatic nitrogens is 2. The maximum absolute atomic E-state index is 11.9. The van der Waals surface area contributed by atoms with Crippen LogP contribution in [-0.2, 0) is 6.54 Å². The number of ether oxygens (including phenoxy) is 1. The van der Waals surface area contributed by atoms with Crippen molar-refractivity contribution in [3.63, 3.8) is 0 Å². The van der Waals surface area contributed by atoms with Gasteiger partial charge < -0.3 is 10.1 Å². The van der Waals surface area contributed by atoms with Crippen LogP contribution >= 0.6 is 0 Å². The van der Waals surface area contributed by atoms with Gasteiger partial charge in [-0.15, -0.1) is 0 Å². The Labute approximate surface area is 118 Å². The van der Waals surface area contributed by atoms with Gasteiger partial charge in [-0.05, 0) is 26.1 Å². The zero-order chi connectivity index (χ0) is 14.5. The molecule has 0 bridgehead atoms. The van der Waals surface area contributed by atoms with Crippen molar-refractivity contribution in [2.24, 2.45) is 0 Å². The third-order valence-electron chi connectivity index (χ3n) is 3.22. The van der Waals surface area contributed by atoms with Gasteiger partial charge in [0.05, 0.1) is 25.4 Å². The molecule has 5 heteroatoms. The van der Waals surface area contributed by atoms with E-state index in [1.807, 2.05) is 38.2 Å². The van der Waals surface area contributed by atoms with E-state index in [9.17, 15) is 4.79 Å². The second-order valence-corrected chi connectivity index (χ2v) is 4.58. The number of likely N-dealkylation sites (N-methyl/N-ethyl adjacent to an activating group) is 1. The lowest BCUT2D eigenvalue weighted by Gasteiger charge is -2.19. The minimum atomic E-state index is -0.106. The summed E-state index contributed by atoms with van der Waals surface area (Å²) in [6.07, 6.45) is 0. The number of aryl methyl sites for hydroxylation is 1. The van der Waals surface area contributed by atoms with Gasteiger partial charge in [-0.3, -0.25) is 4.79 Å². The lowest BCUT2D eigenvalue weighted by Crippen LogP contribution is -2.30. The van der Waals surface area contributed by atoms with Crippen LogP contribution in [0.1, 0.15) is 17.3 Å². The maximum atomic E-state index is 11.9. The molecule has 5 nitrogen and oxygen atoms in total. The molecule has 0 aliphatic heterocycles. The lowest BCUT2D eigenvalue weighted by molar-refractivity contribution is 0.387. The molecule has 0 spiro atoms. The fourth-order valence-electron chi connectivity index (χ4n) is 2.15. The predicted molar refractivity (Wildman–Crippen MR) is 78.0 cm³/mol. The molecular weight excluding hydrogens is 254 g/mol. The quantitative estimate of drug-likeness (QED) is 0.897. The van der Waals surface area contributed by atoms with E-state index in [-0.39, 0.29) is 11.6 Å². The van der Waals surface area contributed by atoms with Crippen molar-refractivity contribution < 1.29 is 4.74 Å². The first-order chi connectivity index (χ1) is 9.65. The van der Waals surface area contributed by atoms with Gasteiger partial charge in [0.15, 0.2) is 0 Å². The van der Waals surface area contributed by atoms with Crippen LogP contribution < -0.4 is 15.6 Å². The van der Waals surface area contributed by atoms with E-state index in [2.05, 4.69) is 10.4 Å². The highest BCUT2D eigenvalue weighted by atomic mass is 16.5. The Bertz CT molecular complexity index is 637. The minimum absolute atomic E-state index is 0.0434. The van der Waals surface area contributed by atoms with Gasteiger partial charge in [0.25, 0.3) is 5.56 Å². The molecule has 2 rings (SSSR count). The topological polar surface area (TPSA) is 56.2 Å². The Morgan fingerprint density at radius 2 is 2.05 bits per heavy atom. The molecular formula is C15H19N3O2. The molecule has 0 aliphatic carbocycles. The normalized spacial score (nSPS) is 12.2. The molecule has 1 N–H and O–H groups in total. The second-order valence-electron chi connectivity index (χ2n) is 4.58. The van der Waals surface area contributed by atoms with Crippen LogP contribution in [0.5, 0.6) is 5.75 Å². The molecule has 1 unspecified atom stereocenters. The van der Waals surface area contributed by atoms with E-state index in [0.29, 0.717) is 6.54 Å². The Hall–Kier alpha value is -2.14. The van der Waals surface area contributed by atoms with Crippen LogP contribution in [0.15, 0.2) is 41.2 Å². The van der Waals surface area contributed by atoms with E-state index in [1.54, 1.807) is 13.2 Å². The second kappa shape index (κ2) is 6.34. The number of nitrogens with one attached hydrogen (secondary N) is 1. The van der Waals surface area contributed by atoms with Crippen LogP contribution in [0, 0.1) is 6.92 Å². The van der Waals surface area contributed by atoms with Crippen LogP contribution in [0.25, 0.3) is 0 Å². The standard InChI is InChI=1S/C15H19N3O2/c1-11-8-9-15(19)18(17-11)10-13(16-2)12-6-4-5-7-14(12)20-3/h4-9,13,16H,10H2,1-3H3. The zero-order valence-electron chi connectivity index (χ0n) is 12.0. The number of hydrogen-bond donors (Lipinski definition) is 1. The molecule has 20 heavy (non-hydrogen) atoms. The number of benzene rings is 1. The van der Waals surface area contributed by atoms with E-state index >= 15 is 0 Å². The molecule has 2 aromatic rings. The van der Waals surface area contributed by atoms with Gasteiger partial charge in [0.1, 0.15) is 5.75 Å². The Balaban J connectivity index is 2.33. The molecule has 1 atom stereocenters. The Kier molecular flexibility index (Phi) is 4.53. The fraction of sp³-hybridized carbons (Fsp3) is 0.333. The smallest absolute Gasteiger partial charge is 0.266 e. The highest BCUT2D eigenvalue weighted by molar-refractivity contribution is 5.35. The van der Waals surface area contributed by atoms with Crippen LogP contribution in [0.3, 0.4) is 0 Å². The van der Waals surface area contributed by atoms with Gasteiger partial charge in [-0.2, -0.15) is 5.10 Å². The first-order valence-corrected chi connectivity index (χ1v) is 6.50. The van der Waals surface area contributed by atoms with Crippen molar-refractivity contribution in [1.29, 1.82) is 0 Å². The summed E-state index contributed by atoms with van der Waals surface area (Å²) in [5, 5.41) is 7.47. The summed E-state index contributed by atoms with van der Waals surface area (Å²) in [5.74, 6) is 0.799. The molecule has 0 radical (unpaired) electrons. The van der Waals surface area contributed by atoms with E-state index in [1.165, 1.54) is 10.7 Å². The lowest BCUT2D eigenvalue weighted by atomic mass is 10.1. The SMILES string of the molecule is CNC(Cn1nc(C)ccc1=O)c1ccccc1OC. The fourth-order valence-corrected chi connectivity index (χ4v) is 2.15. The molecule has 1 aromatic heterocycles. The van der Waals surface area contributed by atoms with Crippen molar-refractivity contribution in [3.8, 4) is 5.75 Å². The summed E-state index contributed by atoms with van der Waals surface area (Å²) in [7, 11) is 3.50. The minimum Gasteiger partial charge on any atom is -0.496 e. The van der Waals surface area contributed by atoms with Crippen molar-refractivity contribution in [1.82, 2.24) is 15.1 Å². The molecule has 0 fully saturated rings. The van der Waals surface area contributed by atoms with E-state index in [4.69, 9.17) is 4.74 Å². The third-order valence-corrected chi connectivity index (χ3v) is 3.22. The molecule has 0 amide bonds. The van der Waals surface area contributed by atoms with Crippen molar-refractivity contribution in [3.05, 3.63) is 58.0 Å². The number of para-hydroxylation sites is 1. The molecule has 1 aromatic carbocycles. The third kappa shape index (κ3) is 3.05. The maximum Gasteiger partial charge on any atom is 0.266 e. The van der Waals surface area contributed by atoms with Gasteiger partial charge >= 0.3 is 0 Å². The highest BCUT2D eigenvalue weighted by Crippen LogP contribution is 2.25. The van der Waals surface area contributed by atoms with Gasteiger partial charge in [0.2, 0.25) is 0 Å². The molecule has 1 heterocycles. The van der Waals surface area contributed by atoms with Crippen LogP contribution in [-0.4, -0.2) is 23.9 Å². The van der Waals surface area contributed by atoms with Gasteiger partial charge in [0, 0.05) is 11.6 Å². The molecule has 106 valence electrons. The number of nitrogens with zero attached hydrogens (tertiary/aromatic N) is 2. The number of rotatable bonds is 5. The van der Waals surface area contributed by atoms with E-state index < -0.39 is 0 Å². The summed E-state index contributed by atoms with van der Waals surface area (Å²) in [6, 6.07) is 11.0. The predicted octanol–water partition coefficient (Wildman–Crippen LogP) is 1.52. The summed E-state index contributed by atoms with van der Waals surface area (Å²) in [5.41, 5.74) is 1.72. The van der Waals surface area contributed by atoms with Gasteiger partial charge in [-0.1, -0.05) is 18.2 Å². The van der Waals surface area contributed by atoms with Crippen LogP contribution in [0.4, 0.5) is 0 Å². The summed E-state index contributed by atoms with van der Waals surface area (Å²) in [6.45, 7) is 2.32. The van der Waals surface area contributed by atoms with Crippen molar-refractivity contribution in [2.45, 2.75) is 19.5 Å². The summed E-state index contributed by atoms with van der Waals surface area (Å²) < 4.78 is 6.85. The monoisotopic (exact) mass is 273 g/mol. The average molecular weight is 273 g/mol. The molecule has 0 saturated heterocycles. The molecule has 0 saturated carbocycles. The van der Waals surface area contributed by atoms with Crippen molar-refractivity contribution >= 4 is 0 Å². The largest absolute Gasteiger partial charge is 0.496 e. The summed E-state index contributed by atoms with van der Waals surface area (Å²) >= 11 is 0. The van der Waals surface area contributed by atoms with Gasteiger partial charge in [-0.25, -0.2) is 4.68 Å². The first kappa shape index (κ1) is 14.3. The number of methoxy groups -OCH3 is 1. The zero-order valence-corrected chi connectivity index (χ0v) is 12.0. The summed E-state index contributed by atoms with van der Waals surface area (Å²) in [4.78, 5) is 11.9. The average Bonchev–Trinajstić information content (AvgIpc) is 2.48. The van der Waals surface area contributed by atoms with Crippen molar-refractivity contribution in [2.75, 3.05) is 14.2 Å². The first-order valence-electron chi connectivity index (χ1n) is 6.50. The highest BCUT2D eigenvalue weighted by Gasteiger charge is 2.15. The number of hydrogen-bond acceptors (Lipinski definition) is 4.